The average Bonchev–Trinajstić information content (AvgIpc) is 3.76. The molecule has 3 aromatic carbocycles. The quantitative estimate of drug-likeness (QED) is 0.189. The normalized spacial score (nSPS) is 20.9. The van der Waals surface area contributed by atoms with Crippen molar-refractivity contribution in [1.82, 2.24) is 19.7 Å². The van der Waals surface area contributed by atoms with Crippen LogP contribution in [0.2, 0.25) is 0 Å². The molecule has 0 radical (unpaired) electrons. The number of aryl methyl sites for hydroxylation is 2. The van der Waals surface area contributed by atoms with Crippen LogP contribution in [0.25, 0.3) is 22.3 Å². The molecular weight excluding hydrogens is 742 g/mol. The van der Waals surface area contributed by atoms with E-state index in [0.717, 1.165) is 17.2 Å². The Bertz CT molecular complexity index is 2370. The molecule has 0 fully saturated rings. The molecule has 0 spiro atoms. The Morgan fingerprint density at radius 1 is 1.09 bits per heavy atom. The number of carboxylic acids is 1. The van der Waals surface area contributed by atoms with Crippen LogP contribution in [0.1, 0.15) is 62.5 Å². The van der Waals surface area contributed by atoms with Crippen LogP contribution in [0.15, 0.2) is 64.5 Å². The Morgan fingerprint density at radius 2 is 1.85 bits per heavy atom. The molecule has 15 heteroatoms. The number of aromatic amines is 1. The summed E-state index contributed by atoms with van der Waals surface area (Å²) in [5.41, 5.74) is -0.232. The number of halogens is 3. The van der Waals surface area contributed by atoms with Crippen LogP contribution in [-0.4, -0.2) is 68.7 Å². The summed E-state index contributed by atoms with van der Waals surface area (Å²) in [5, 5.41) is 14.7. The fraction of sp³-hybridized carbons (Fsp3) is 0.410. The van der Waals surface area contributed by atoms with Gasteiger partial charge in [0.05, 0.1) is 56.2 Å². The average molecular weight is 785 g/mol. The van der Waals surface area contributed by atoms with Gasteiger partial charge in [-0.3, -0.25) is 4.79 Å². The predicted octanol–water partition coefficient (Wildman–Crippen LogP) is 6.91. The van der Waals surface area contributed by atoms with Gasteiger partial charge in [0, 0.05) is 30.6 Å². The van der Waals surface area contributed by atoms with Gasteiger partial charge < -0.3 is 14.8 Å². The molecule has 288 valence electrons. The summed E-state index contributed by atoms with van der Waals surface area (Å²) in [4.78, 5) is 18.9. The zero-order valence-corrected chi connectivity index (χ0v) is 32.3. The zero-order valence-electron chi connectivity index (χ0n) is 30.7. The van der Waals surface area contributed by atoms with Gasteiger partial charge in [0.2, 0.25) is 0 Å². The van der Waals surface area contributed by atoms with Gasteiger partial charge in [-0.2, -0.15) is 5.10 Å². The minimum absolute atomic E-state index is 0.0268. The summed E-state index contributed by atoms with van der Waals surface area (Å²) in [6, 6.07) is 12.5. The number of nitrogens with one attached hydrogen (secondary N) is 1. The summed E-state index contributed by atoms with van der Waals surface area (Å²) in [7, 11) is -3.14. The van der Waals surface area contributed by atoms with E-state index in [2.05, 4.69) is 4.98 Å². The van der Waals surface area contributed by atoms with Crippen molar-refractivity contribution in [2.75, 3.05) is 25.2 Å². The number of aliphatic carboxylic acids is 1. The number of H-pyrrole nitrogens is 1. The highest BCUT2D eigenvalue weighted by Crippen LogP contribution is 2.40. The number of ether oxygens (including phenoxy) is 1. The van der Waals surface area contributed by atoms with Crippen molar-refractivity contribution >= 4 is 37.5 Å². The summed E-state index contributed by atoms with van der Waals surface area (Å²) < 4.78 is 95.3. The van der Waals surface area contributed by atoms with Crippen molar-refractivity contribution in [3.8, 4) is 11.4 Å². The SMILES string of the molecule is COCC(Cc1cccc([C@@]2(C)CCCC(C)(C)CS(=O)(=O)CCc3c(c(F)c(F)c4[nH]ccc34)S(=O)c3ccc(F)c(c3)-c3nc2nn3C)c1)C(=O)O. The van der Waals surface area contributed by atoms with Crippen LogP contribution < -0.4 is 0 Å². The lowest BCUT2D eigenvalue weighted by molar-refractivity contribution is -0.143. The van der Waals surface area contributed by atoms with Crippen LogP contribution in [0, 0.1) is 28.8 Å². The number of carbonyl (C=O) groups is 1. The number of aromatic nitrogens is 4. The van der Waals surface area contributed by atoms with E-state index in [1.807, 2.05) is 45.0 Å². The molecule has 1 aliphatic rings. The third-order valence-electron chi connectivity index (χ3n) is 10.4. The van der Waals surface area contributed by atoms with E-state index in [1.54, 1.807) is 7.05 Å². The fourth-order valence-electron chi connectivity index (χ4n) is 7.52. The molecule has 0 saturated heterocycles. The highest BCUT2D eigenvalue weighted by atomic mass is 32.2. The zero-order chi connectivity index (χ0) is 39.2. The number of rotatable bonds is 6. The van der Waals surface area contributed by atoms with Gasteiger partial charge in [-0.15, -0.1) is 0 Å². The maximum absolute atomic E-state index is 15.9. The highest BCUT2D eigenvalue weighted by Gasteiger charge is 2.37. The number of hydrogen-bond acceptors (Lipinski definition) is 7. The Hall–Kier alpha value is -4.34. The monoisotopic (exact) mass is 784 g/mol. The molecule has 5 aromatic rings. The first kappa shape index (κ1) is 39.4. The van der Waals surface area contributed by atoms with Crippen molar-refractivity contribution in [2.24, 2.45) is 18.4 Å². The minimum atomic E-state index is -3.77. The van der Waals surface area contributed by atoms with Crippen molar-refractivity contribution < 1.29 is 40.4 Å². The number of fused-ring (bicyclic) bond motifs is 8. The molecule has 2 N–H and O–H groups in total. The molecule has 0 saturated carbocycles. The van der Waals surface area contributed by atoms with Crippen molar-refractivity contribution in [3.63, 3.8) is 0 Å². The number of carboxylic acid groups (broad SMARTS) is 1. The summed E-state index contributed by atoms with van der Waals surface area (Å²) in [5.74, 6) is -5.27. The minimum Gasteiger partial charge on any atom is -0.481 e. The maximum Gasteiger partial charge on any atom is 0.309 e. The van der Waals surface area contributed by atoms with Crippen molar-refractivity contribution in [1.29, 1.82) is 0 Å². The Morgan fingerprint density at radius 3 is 2.57 bits per heavy atom. The lowest BCUT2D eigenvalue weighted by atomic mass is 9.75. The first-order valence-corrected chi connectivity index (χ1v) is 20.5. The van der Waals surface area contributed by atoms with E-state index in [4.69, 9.17) is 14.8 Å². The van der Waals surface area contributed by atoms with E-state index in [9.17, 15) is 22.5 Å². The van der Waals surface area contributed by atoms with E-state index >= 15 is 13.2 Å². The molecule has 54 heavy (non-hydrogen) atoms. The first-order valence-electron chi connectivity index (χ1n) is 17.6. The summed E-state index contributed by atoms with van der Waals surface area (Å²) in [6.07, 6.45) is 2.86. The molecule has 0 aliphatic carbocycles. The van der Waals surface area contributed by atoms with Gasteiger partial charge in [0.1, 0.15) is 5.82 Å². The molecule has 2 unspecified atom stereocenters. The molecule has 4 bridgehead atoms. The van der Waals surface area contributed by atoms with Crippen LogP contribution in [0.3, 0.4) is 0 Å². The second kappa shape index (κ2) is 15.1. The number of nitrogens with zero attached hydrogens (tertiary/aromatic N) is 3. The van der Waals surface area contributed by atoms with E-state index in [-0.39, 0.29) is 58.0 Å². The lowest BCUT2D eigenvalue weighted by Crippen LogP contribution is -2.29. The van der Waals surface area contributed by atoms with Gasteiger partial charge in [-0.25, -0.2) is 35.5 Å². The molecule has 0 amide bonds. The predicted molar refractivity (Wildman–Crippen MR) is 199 cm³/mol. The Kier molecular flexibility index (Phi) is 11.0. The fourth-order valence-corrected chi connectivity index (χ4v) is 10.9. The standard InChI is InChI=1S/C39H43F3N4O6S2/c1-38(2)14-7-15-39(3,25-9-6-8-23(19-25)18-24(21-52-5)36(47)48)37-44-35(46(4)45-37)29-20-26(10-11-30(29)40)53(49)34-28(13-17-54(50,51)22-38)27-12-16-43-33(27)31(41)32(34)42/h6,8-12,16,19-20,24,43H,7,13-15,17-18,21-22H2,1-5H3,(H,47,48)/t24?,39-,53?/m1/s1. The van der Waals surface area contributed by atoms with E-state index in [0.29, 0.717) is 25.1 Å². The largest absolute Gasteiger partial charge is 0.481 e. The molecular formula is C39H43F3N4O6S2. The van der Waals surface area contributed by atoms with Crippen LogP contribution in [-0.2, 0) is 55.5 Å². The van der Waals surface area contributed by atoms with Gasteiger partial charge in [-0.1, -0.05) is 44.5 Å². The molecule has 2 aromatic heterocycles. The van der Waals surface area contributed by atoms with Crippen molar-refractivity contribution in [2.45, 2.75) is 68.1 Å². The molecule has 10 nitrogen and oxygen atoms in total. The van der Waals surface area contributed by atoms with Gasteiger partial charge in [0.25, 0.3) is 0 Å². The molecule has 3 atom stereocenters. The third-order valence-corrected chi connectivity index (χ3v) is 13.9. The third kappa shape index (κ3) is 7.76. The number of sulfone groups is 1. The van der Waals surface area contributed by atoms with Crippen LogP contribution in [0.5, 0.6) is 0 Å². The number of benzene rings is 3. The van der Waals surface area contributed by atoms with Crippen LogP contribution in [0.4, 0.5) is 13.2 Å². The van der Waals surface area contributed by atoms with Gasteiger partial charge in [0.15, 0.2) is 33.1 Å². The molecule has 6 rings (SSSR count). The van der Waals surface area contributed by atoms with Crippen LogP contribution >= 0.6 is 0 Å². The second-order valence-corrected chi connectivity index (χ2v) is 18.7. The summed E-state index contributed by atoms with van der Waals surface area (Å²) >= 11 is 0. The summed E-state index contributed by atoms with van der Waals surface area (Å²) in [6.45, 7) is 5.68. The second-order valence-electron chi connectivity index (χ2n) is 15.1. The Balaban J connectivity index is 1.53. The van der Waals surface area contributed by atoms with E-state index in [1.165, 1.54) is 36.2 Å². The van der Waals surface area contributed by atoms with Gasteiger partial charge >= 0.3 is 5.97 Å². The smallest absolute Gasteiger partial charge is 0.309 e. The Labute approximate surface area is 314 Å². The first-order chi connectivity index (χ1) is 25.4. The van der Waals surface area contributed by atoms with Gasteiger partial charge in [-0.05, 0) is 79.0 Å². The molecule has 1 aliphatic heterocycles. The lowest BCUT2D eigenvalue weighted by Gasteiger charge is -2.31. The topological polar surface area (TPSA) is 144 Å². The number of methoxy groups -OCH3 is 1. The van der Waals surface area contributed by atoms with Crippen molar-refractivity contribution in [3.05, 3.63) is 94.7 Å². The number of hydrogen-bond donors (Lipinski definition) is 2. The highest BCUT2D eigenvalue weighted by molar-refractivity contribution is 7.91. The molecule has 3 heterocycles. The van der Waals surface area contributed by atoms with E-state index < -0.39 is 71.5 Å². The maximum atomic E-state index is 15.9.